The number of rotatable bonds is 8. The molecule has 2 aromatic carbocycles. The second kappa shape index (κ2) is 9.66. The molecule has 1 unspecified atom stereocenters. The molecule has 0 fully saturated rings. The molecule has 0 aliphatic heterocycles. The van der Waals surface area contributed by atoms with Gasteiger partial charge in [0.2, 0.25) is 5.91 Å². The Morgan fingerprint density at radius 3 is 2.62 bits per heavy atom. The first-order valence-electron chi connectivity index (χ1n) is 8.95. The number of amides is 1. The number of hydrogen-bond donors (Lipinski definition) is 0. The Bertz CT molecular complexity index is 755. The maximum absolute atomic E-state index is 12.8. The summed E-state index contributed by atoms with van der Waals surface area (Å²) in [5.74, 6) is 1.54. The van der Waals surface area contributed by atoms with Crippen LogP contribution in [0.2, 0.25) is 0 Å². The molecule has 2 aromatic rings. The van der Waals surface area contributed by atoms with Crippen molar-refractivity contribution < 1.29 is 14.3 Å². The summed E-state index contributed by atoms with van der Waals surface area (Å²) in [6, 6.07) is 15.5. The molecule has 0 aliphatic rings. The van der Waals surface area contributed by atoms with Crippen molar-refractivity contribution >= 4 is 12.0 Å². The lowest BCUT2D eigenvalue weighted by molar-refractivity contribution is -0.127. The van der Waals surface area contributed by atoms with E-state index in [9.17, 15) is 4.79 Å². The van der Waals surface area contributed by atoms with Crippen LogP contribution in [-0.4, -0.2) is 31.1 Å². The van der Waals surface area contributed by atoms with Gasteiger partial charge in [0.05, 0.1) is 19.8 Å². The van der Waals surface area contributed by atoms with E-state index < -0.39 is 0 Å². The summed E-state index contributed by atoms with van der Waals surface area (Å²) in [5, 5.41) is 0. The molecule has 4 heteroatoms. The fourth-order valence-corrected chi connectivity index (χ4v) is 2.86. The van der Waals surface area contributed by atoms with Crippen LogP contribution >= 0.6 is 0 Å². The molecule has 0 saturated carbocycles. The highest BCUT2D eigenvalue weighted by Crippen LogP contribution is 2.25. The van der Waals surface area contributed by atoms with Gasteiger partial charge in [-0.3, -0.25) is 4.79 Å². The third kappa shape index (κ3) is 4.88. The first-order valence-corrected chi connectivity index (χ1v) is 8.95. The summed E-state index contributed by atoms with van der Waals surface area (Å²) in [4.78, 5) is 14.6. The van der Waals surface area contributed by atoms with E-state index in [1.54, 1.807) is 13.2 Å². The quantitative estimate of drug-likeness (QED) is 0.645. The van der Waals surface area contributed by atoms with Gasteiger partial charge in [-0.05, 0) is 50.6 Å². The SMILES string of the molecule is CCOc1ccccc1/C=C/C(=O)N(CC)C(C)c1cccc(OC)c1. The molecular formula is C22H27NO3. The maximum atomic E-state index is 12.8. The molecule has 0 aliphatic carbocycles. The van der Waals surface area contributed by atoms with Crippen LogP contribution in [0.15, 0.2) is 54.6 Å². The summed E-state index contributed by atoms with van der Waals surface area (Å²) in [5.41, 5.74) is 1.94. The predicted octanol–water partition coefficient (Wildman–Crippen LogP) is 4.72. The van der Waals surface area contributed by atoms with E-state index >= 15 is 0 Å². The van der Waals surface area contributed by atoms with Crippen LogP contribution in [0.1, 0.15) is 37.9 Å². The van der Waals surface area contributed by atoms with E-state index in [0.717, 1.165) is 22.6 Å². The van der Waals surface area contributed by atoms with Gasteiger partial charge >= 0.3 is 0 Å². The van der Waals surface area contributed by atoms with Crippen molar-refractivity contribution in [2.75, 3.05) is 20.3 Å². The lowest BCUT2D eigenvalue weighted by Gasteiger charge is -2.27. The van der Waals surface area contributed by atoms with E-state index in [2.05, 4.69) is 0 Å². The molecule has 0 bridgehead atoms. The summed E-state index contributed by atoms with van der Waals surface area (Å²) in [6.07, 6.45) is 3.42. The minimum atomic E-state index is -0.0469. The molecule has 4 nitrogen and oxygen atoms in total. The molecule has 1 atom stereocenters. The molecule has 2 rings (SSSR count). The van der Waals surface area contributed by atoms with E-state index in [1.807, 2.05) is 80.3 Å². The van der Waals surface area contributed by atoms with Gasteiger partial charge in [0.15, 0.2) is 0 Å². The number of carbonyl (C=O) groups excluding carboxylic acids is 1. The van der Waals surface area contributed by atoms with Gasteiger partial charge in [-0.15, -0.1) is 0 Å². The lowest BCUT2D eigenvalue weighted by atomic mass is 10.1. The molecule has 0 radical (unpaired) electrons. The Morgan fingerprint density at radius 2 is 1.92 bits per heavy atom. The number of ether oxygens (including phenoxy) is 2. The number of benzene rings is 2. The Morgan fingerprint density at radius 1 is 1.15 bits per heavy atom. The van der Waals surface area contributed by atoms with Crippen molar-refractivity contribution in [1.82, 2.24) is 4.90 Å². The van der Waals surface area contributed by atoms with Crippen LogP contribution in [0.3, 0.4) is 0 Å². The molecule has 0 aromatic heterocycles. The topological polar surface area (TPSA) is 38.8 Å². The third-order valence-corrected chi connectivity index (χ3v) is 4.29. The van der Waals surface area contributed by atoms with E-state index in [1.165, 1.54) is 0 Å². The molecular weight excluding hydrogens is 326 g/mol. The van der Waals surface area contributed by atoms with Gasteiger partial charge in [-0.1, -0.05) is 30.3 Å². The second-order valence-corrected chi connectivity index (χ2v) is 5.88. The van der Waals surface area contributed by atoms with Gasteiger partial charge < -0.3 is 14.4 Å². The number of carbonyl (C=O) groups is 1. The number of likely N-dealkylation sites (N-methyl/N-ethyl adjacent to an activating group) is 1. The molecule has 138 valence electrons. The molecule has 26 heavy (non-hydrogen) atoms. The van der Waals surface area contributed by atoms with Crippen molar-refractivity contribution in [3.8, 4) is 11.5 Å². The van der Waals surface area contributed by atoms with Crippen molar-refractivity contribution in [2.24, 2.45) is 0 Å². The Hall–Kier alpha value is -2.75. The largest absolute Gasteiger partial charge is 0.497 e. The number of methoxy groups -OCH3 is 1. The number of nitrogens with zero attached hydrogens (tertiary/aromatic N) is 1. The summed E-state index contributed by atoms with van der Waals surface area (Å²) in [6.45, 7) is 7.16. The van der Waals surface area contributed by atoms with Gasteiger partial charge in [0.1, 0.15) is 11.5 Å². The van der Waals surface area contributed by atoms with Crippen molar-refractivity contribution in [1.29, 1.82) is 0 Å². The van der Waals surface area contributed by atoms with Crippen LogP contribution in [-0.2, 0) is 4.79 Å². The third-order valence-electron chi connectivity index (χ3n) is 4.29. The minimum absolute atomic E-state index is 0.0332. The van der Waals surface area contributed by atoms with Gasteiger partial charge in [-0.25, -0.2) is 0 Å². The second-order valence-electron chi connectivity index (χ2n) is 5.88. The van der Waals surface area contributed by atoms with Crippen LogP contribution in [0.5, 0.6) is 11.5 Å². The molecule has 0 spiro atoms. The highest BCUT2D eigenvalue weighted by Gasteiger charge is 2.18. The van der Waals surface area contributed by atoms with Crippen molar-refractivity contribution in [2.45, 2.75) is 26.8 Å². The van der Waals surface area contributed by atoms with E-state index in [4.69, 9.17) is 9.47 Å². The van der Waals surface area contributed by atoms with Gasteiger partial charge in [0.25, 0.3) is 0 Å². The van der Waals surface area contributed by atoms with Crippen LogP contribution in [0.4, 0.5) is 0 Å². The zero-order valence-electron chi connectivity index (χ0n) is 15.9. The smallest absolute Gasteiger partial charge is 0.247 e. The Balaban J connectivity index is 2.17. The Kier molecular flexibility index (Phi) is 7.27. The standard InChI is InChI=1S/C22H27NO3/c1-5-23(17(3)19-11-9-12-20(16-19)25-4)22(24)15-14-18-10-7-8-13-21(18)26-6-2/h7-17H,5-6H2,1-4H3/b15-14+. The van der Waals surface area contributed by atoms with E-state index in [-0.39, 0.29) is 11.9 Å². The maximum Gasteiger partial charge on any atom is 0.247 e. The lowest BCUT2D eigenvalue weighted by Crippen LogP contribution is -2.32. The highest BCUT2D eigenvalue weighted by molar-refractivity contribution is 5.92. The van der Waals surface area contributed by atoms with E-state index in [0.29, 0.717) is 13.2 Å². The van der Waals surface area contributed by atoms with Crippen LogP contribution in [0.25, 0.3) is 6.08 Å². The predicted molar refractivity (Wildman–Crippen MR) is 105 cm³/mol. The zero-order chi connectivity index (χ0) is 18.9. The fourth-order valence-electron chi connectivity index (χ4n) is 2.86. The normalized spacial score (nSPS) is 12.0. The minimum Gasteiger partial charge on any atom is -0.497 e. The molecule has 0 saturated heterocycles. The van der Waals surface area contributed by atoms with Crippen LogP contribution < -0.4 is 9.47 Å². The molecule has 1 amide bonds. The first kappa shape index (κ1) is 19.6. The van der Waals surface area contributed by atoms with Crippen molar-refractivity contribution in [3.05, 3.63) is 65.7 Å². The summed E-state index contributed by atoms with van der Waals surface area (Å²) in [7, 11) is 1.64. The summed E-state index contributed by atoms with van der Waals surface area (Å²) >= 11 is 0. The highest BCUT2D eigenvalue weighted by atomic mass is 16.5. The average Bonchev–Trinajstić information content (AvgIpc) is 2.68. The molecule has 0 N–H and O–H groups in total. The first-order chi connectivity index (χ1) is 12.6. The van der Waals surface area contributed by atoms with Gasteiger partial charge in [-0.2, -0.15) is 0 Å². The zero-order valence-corrected chi connectivity index (χ0v) is 15.9. The monoisotopic (exact) mass is 353 g/mol. The Labute approximate surface area is 156 Å². The number of para-hydroxylation sites is 1. The summed E-state index contributed by atoms with van der Waals surface area (Å²) < 4.78 is 10.9. The van der Waals surface area contributed by atoms with Crippen molar-refractivity contribution in [3.63, 3.8) is 0 Å². The average molecular weight is 353 g/mol. The number of hydrogen-bond acceptors (Lipinski definition) is 3. The van der Waals surface area contributed by atoms with Crippen LogP contribution in [0, 0.1) is 0 Å². The van der Waals surface area contributed by atoms with Gasteiger partial charge in [0, 0.05) is 18.2 Å². The molecule has 0 heterocycles. The fraction of sp³-hybridized carbons (Fsp3) is 0.318.